The average molecular weight is 503 g/mol. The minimum absolute atomic E-state index is 0.0236. The highest BCUT2D eigenvalue weighted by molar-refractivity contribution is 6.32. The first-order valence-corrected chi connectivity index (χ1v) is 13.3. The van der Waals surface area contributed by atoms with Gasteiger partial charge in [0.05, 0.1) is 16.0 Å². The molecule has 0 saturated heterocycles. The van der Waals surface area contributed by atoms with Crippen LogP contribution in [-0.4, -0.2) is 28.1 Å². The molecule has 1 aromatic rings. The van der Waals surface area contributed by atoms with Gasteiger partial charge in [0, 0.05) is 24.5 Å². The third-order valence-electron chi connectivity index (χ3n) is 10.0. The molecule has 7 nitrogen and oxygen atoms in total. The molecule has 0 spiro atoms. The van der Waals surface area contributed by atoms with Crippen LogP contribution >= 0.6 is 11.6 Å². The number of rotatable bonds is 4. The number of esters is 1. The first-order chi connectivity index (χ1) is 16.6. The highest BCUT2D eigenvalue weighted by Gasteiger charge is 2.61. The fourth-order valence-corrected chi connectivity index (χ4v) is 8.71. The number of hydrogen-bond donors (Lipinski definition) is 0. The van der Waals surface area contributed by atoms with Crippen LogP contribution in [0.15, 0.2) is 29.4 Å². The monoisotopic (exact) mass is 502 g/mol. The molecule has 0 aromatic heterocycles. The Balaban J connectivity index is 1.29. The molecule has 4 saturated carbocycles. The van der Waals surface area contributed by atoms with Gasteiger partial charge in [0.2, 0.25) is 0 Å². The molecule has 0 radical (unpaired) electrons. The van der Waals surface area contributed by atoms with Gasteiger partial charge in [-0.3, -0.25) is 14.9 Å². The zero-order valence-corrected chi connectivity index (χ0v) is 21.5. The second kappa shape index (κ2) is 9.06. The largest absolute Gasteiger partial charge is 0.462 e. The quantitative estimate of drug-likeness (QED) is 0.202. The topological polar surface area (TPSA) is 91.0 Å². The van der Waals surface area contributed by atoms with Gasteiger partial charge in [-0.25, -0.2) is 0 Å². The minimum Gasteiger partial charge on any atom is -0.462 e. The maximum Gasteiger partial charge on any atom is 0.302 e. The highest BCUT2D eigenvalue weighted by atomic mass is 35.5. The molecule has 0 unspecified atom stereocenters. The SMILES string of the molecule is CC(=O)O[C@H]1CC[C@H]2[C@@H]3CC[C@H]4CC(=NOc5ccc([N+](=O)[O-])cc5)[C@H](Cl)C[C@]4(C)[C@H]3CC[C@]12C. The summed E-state index contributed by atoms with van der Waals surface area (Å²) in [6, 6.07) is 5.96. The fourth-order valence-electron chi connectivity index (χ4n) is 8.25. The van der Waals surface area contributed by atoms with Crippen molar-refractivity contribution in [2.75, 3.05) is 0 Å². The molecule has 8 heteroatoms. The molecule has 5 rings (SSSR count). The van der Waals surface area contributed by atoms with Gasteiger partial charge in [-0.1, -0.05) is 19.0 Å². The van der Waals surface area contributed by atoms with Crippen molar-refractivity contribution >= 4 is 29.0 Å². The lowest BCUT2D eigenvalue weighted by Crippen LogP contribution is -2.56. The summed E-state index contributed by atoms with van der Waals surface area (Å²) in [7, 11) is 0. The molecule has 0 amide bonds. The van der Waals surface area contributed by atoms with Gasteiger partial charge in [-0.15, -0.1) is 11.6 Å². The summed E-state index contributed by atoms with van der Waals surface area (Å²) < 4.78 is 5.78. The normalized spacial score (nSPS) is 41.4. The number of ether oxygens (including phenoxy) is 1. The lowest BCUT2D eigenvalue weighted by atomic mass is 9.45. The van der Waals surface area contributed by atoms with Crippen LogP contribution in [0.4, 0.5) is 5.69 Å². The Morgan fingerprint density at radius 3 is 2.49 bits per heavy atom. The number of halogens is 1. The Bertz CT molecular complexity index is 1030. The summed E-state index contributed by atoms with van der Waals surface area (Å²) in [6.45, 7) is 6.33. The Hall–Kier alpha value is -2.15. The number of carbonyl (C=O) groups is 1. The number of hydrogen-bond acceptors (Lipinski definition) is 6. The number of oxime groups is 1. The third kappa shape index (κ3) is 4.24. The van der Waals surface area contributed by atoms with Gasteiger partial charge in [0.1, 0.15) is 6.10 Å². The van der Waals surface area contributed by atoms with Gasteiger partial charge < -0.3 is 9.57 Å². The summed E-state index contributed by atoms with van der Waals surface area (Å²) in [6.07, 6.45) is 8.55. The number of carbonyl (C=O) groups excluding carboxylic acids is 1. The molecule has 4 aliphatic rings. The molecule has 190 valence electrons. The van der Waals surface area contributed by atoms with Crippen molar-refractivity contribution in [2.45, 2.75) is 83.6 Å². The fraction of sp³-hybridized carbons (Fsp3) is 0.704. The molecule has 8 atom stereocenters. The van der Waals surface area contributed by atoms with Crippen molar-refractivity contribution in [3.05, 3.63) is 34.4 Å². The number of nitro benzene ring substituents is 1. The van der Waals surface area contributed by atoms with Crippen molar-refractivity contribution in [3.8, 4) is 5.75 Å². The molecule has 35 heavy (non-hydrogen) atoms. The Morgan fingerprint density at radius 1 is 1.09 bits per heavy atom. The van der Waals surface area contributed by atoms with Crippen LogP contribution in [0, 0.1) is 44.6 Å². The van der Waals surface area contributed by atoms with E-state index in [1.54, 1.807) is 12.1 Å². The van der Waals surface area contributed by atoms with E-state index in [0.29, 0.717) is 29.4 Å². The van der Waals surface area contributed by atoms with E-state index >= 15 is 0 Å². The first-order valence-electron chi connectivity index (χ1n) is 12.9. The first kappa shape index (κ1) is 24.5. The van der Waals surface area contributed by atoms with Crippen LogP contribution in [-0.2, 0) is 9.53 Å². The summed E-state index contributed by atoms with van der Waals surface area (Å²) in [5.41, 5.74) is 1.16. The zero-order chi connectivity index (χ0) is 25.0. The van der Waals surface area contributed by atoms with E-state index in [2.05, 4.69) is 19.0 Å². The molecule has 0 heterocycles. The van der Waals surface area contributed by atoms with Gasteiger partial charge in [0.25, 0.3) is 5.69 Å². The standard InChI is InChI=1S/C27H35ClN2O5/c1-16(31)34-25-11-10-21-20-9-4-17-14-24(29-35-19-7-5-18(6-8-19)30(32)33)23(28)15-27(17,3)22(20)12-13-26(21,25)2/h5-8,17,20-23,25H,4,9-15H2,1-3H3/t17-,20-,21-,22-,23+,25-,26-,27-/m0/s1. The lowest BCUT2D eigenvalue weighted by Gasteiger charge is -2.60. The number of benzene rings is 1. The second-order valence-electron chi connectivity index (χ2n) is 11.7. The van der Waals surface area contributed by atoms with Gasteiger partial charge in [-0.2, -0.15) is 0 Å². The molecule has 0 N–H and O–H groups in total. The predicted molar refractivity (Wildman–Crippen MR) is 133 cm³/mol. The van der Waals surface area contributed by atoms with E-state index in [-0.39, 0.29) is 34.0 Å². The summed E-state index contributed by atoms with van der Waals surface area (Å²) >= 11 is 6.92. The van der Waals surface area contributed by atoms with E-state index in [0.717, 1.165) is 50.7 Å². The highest BCUT2D eigenvalue weighted by Crippen LogP contribution is 2.66. The summed E-state index contributed by atoms with van der Waals surface area (Å²) in [5.74, 6) is 2.74. The maximum atomic E-state index is 11.7. The summed E-state index contributed by atoms with van der Waals surface area (Å²) in [5, 5.41) is 15.1. The van der Waals surface area contributed by atoms with E-state index in [9.17, 15) is 14.9 Å². The molecular formula is C27H35ClN2O5. The molecule has 0 bridgehead atoms. The number of fused-ring (bicyclic) bond motifs is 5. The molecule has 1 aromatic carbocycles. The van der Waals surface area contributed by atoms with Crippen LogP contribution in [0.1, 0.15) is 72.1 Å². The predicted octanol–water partition coefficient (Wildman–Crippen LogP) is 6.52. The van der Waals surface area contributed by atoms with Crippen LogP contribution in [0.25, 0.3) is 0 Å². The Kier molecular flexibility index (Phi) is 6.35. The second-order valence-corrected chi connectivity index (χ2v) is 12.2. The average Bonchev–Trinajstić information content (AvgIpc) is 3.13. The summed E-state index contributed by atoms with van der Waals surface area (Å²) in [4.78, 5) is 27.8. The van der Waals surface area contributed by atoms with Crippen LogP contribution < -0.4 is 4.84 Å². The Morgan fingerprint density at radius 2 is 1.80 bits per heavy atom. The number of nitro groups is 1. The van der Waals surface area contributed by atoms with Crippen molar-refractivity contribution < 1.29 is 19.3 Å². The van der Waals surface area contributed by atoms with Gasteiger partial charge >= 0.3 is 5.97 Å². The minimum atomic E-state index is -0.432. The number of non-ortho nitro benzene ring substituents is 1. The number of alkyl halides is 1. The van der Waals surface area contributed by atoms with Gasteiger partial charge in [0.15, 0.2) is 5.75 Å². The van der Waals surface area contributed by atoms with Crippen molar-refractivity contribution in [3.63, 3.8) is 0 Å². The lowest BCUT2D eigenvalue weighted by molar-refractivity contribution is -0.384. The van der Waals surface area contributed by atoms with Crippen molar-refractivity contribution in [1.29, 1.82) is 0 Å². The van der Waals surface area contributed by atoms with Crippen molar-refractivity contribution in [2.24, 2.45) is 39.7 Å². The maximum absolute atomic E-state index is 11.7. The van der Waals surface area contributed by atoms with Crippen LogP contribution in [0.2, 0.25) is 0 Å². The van der Waals surface area contributed by atoms with E-state index < -0.39 is 4.92 Å². The van der Waals surface area contributed by atoms with Crippen molar-refractivity contribution in [1.82, 2.24) is 0 Å². The molecular weight excluding hydrogens is 468 g/mol. The molecule has 4 aliphatic carbocycles. The third-order valence-corrected chi connectivity index (χ3v) is 10.4. The van der Waals surface area contributed by atoms with Crippen LogP contribution in [0.3, 0.4) is 0 Å². The molecule has 0 aliphatic heterocycles. The van der Waals surface area contributed by atoms with E-state index in [4.69, 9.17) is 21.2 Å². The smallest absolute Gasteiger partial charge is 0.302 e. The van der Waals surface area contributed by atoms with Gasteiger partial charge in [-0.05, 0) is 92.6 Å². The van der Waals surface area contributed by atoms with E-state index in [1.165, 1.54) is 25.5 Å². The Labute approximate surface area is 211 Å². The molecule has 4 fully saturated rings. The number of nitrogens with zero attached hydrogens (tertiary/aromatic N) is 2. The van der Waals surface area contributed by atoms with E-state index in [1.807, 2.05) is 0 Å². The zero-order valence-electron chi connectivity index (χ0n) is 20.7. The van der Waals surface area contributed by atoms with Crippen LogP contribution in [0.5, 0.6) is 5.75 Å².